The van der Waals surface area contributed by atoms with Crippen molar-refractivity contribution in [3.8, 4) is 0 Å². The van der Waals surface area contributed by atoms with Gasteiger partial charge in [-0.05, 0) is 38.6 Å². The predicted molar refractivity (Wildman–Crippen MR) is 90.5 cm³/mol. The SMILES string of the molecule is CCNC(=O)CN(CC)[C@H](C)C(=O)Nc1cc(Cl)ccc1Cl. The van der Waals surface area contributed by atoms with Crippen LogP contribution in [0.15, 0.2) is 18.2 Å². The molecular formula is C15H21Cl2N3O2. The Kier molecular flexibility index (Phi) is 7.65. The molecule has 7 heteroatoms. The number of hydrogen-bond donors (Lipinski definition) is 2. The Balaban J connectivity index is 2.73. The lowest BCUT2D eigenvalue weighted by atomic mass is 10.2. The van der Waals surface area contributed by atoms with Gasteiger partial charge in [-0.1, -0.05) is 30.1 Å². The van der Waals surface area contributed by atoms with Crippen LogP contribution in [0.4, 0.5) is 5.69 Å². The minimum Gasteiger partial charge on any atom is -0.355 e. The fourth-order valence-electron chi connectivity index (χ4n) is 1.96. The highest BCUT2D eigenvalue weighted by atomic mass is 35.5. The lowest BCUT2D eigenvalue weighted by Crippen LogP contribution is -2.46. The van der Waals surface area contributed by atoms with E-state index in [1.165, 1.54) is 0 Å². The summed E-state index contributed by atoms with van der Waals surface area (Å²) in [5.41, 5.74) is 0.458. The van der Waals surface area contributed by atoms with Gasteiger partial charge in [-0.25, -0.2) is 0 Å². The molecule has 1 aromatic rings. The normalized spacial score (nSPS) is 12.1. The van der Waals surface area contributed by atoms with Gasteiger partial charge >= 0.3 is 0 Å². The first kappa shape index (κ1) is 18.7. The third-order valence-electron chi connectivity index (χ3n) is 3.24. The average molecular weight is 346 g/mol. The summed E-state index contributed by atoms with van der Waals surface area (Å²) in [5.74, 6) is -0.347. The molecule has 0 bridgehead atoms. The van der Waals surface area contributed by atoms with E-state index >= 15 is 0 Å². The lowest BCUT2D eigenvalue weighted by molar-refractivity contribution is -0.125. The van der Waals surface area contributed by atoms with E-state index in [1.807, 2.05) is 13.8 Å². The second-order valence-corrected chi connectivity index (χ2v) is 5.65. The zero-order valence-electron chi connectivity index (χ0n) is 13.0. The van der Waals surface area contributed by atoms with Gasteiger partial charge in [0.1, 0.15) is 0 Å². The Labute approximate surface area is 141 Å². The number of nitrogens with zero attached hydrogens (tertiary/aromatic N) is 1. The maximum Gasteiger partial charge on any atom is 0.241 e. The van der Waals surface area contributed by atoms with Crippen LogP contribution in [0.5, 0.6) is 0 Å². The summed E-state index contributed by atoms with van der Waals surface area (Å²) in [6.07, 6.45) is 0. The molecule has 0 radical (unpaired) electrons. The van der Waals surface area contributed by atoms with E-state index in [4.69, 9.17) is 23.2 Å². The molecule has 2 N–H and O–H groups in total. The van der Waals surface area contributed by atoms with Crippen LogP contribution in [0.2, 0.25) is 10.0 Å². The molecular weight excluding hydrogens is 325 g/mol. The first-order valence-electron chi connectivity index (χ1n) is 7.15. The molecule has 0 spiro atoms. The molecule has 1 rings (SSSR count). The Morgan fingerprint density at radius 3 is 2.55 bits per heavy atom. The van der Waals surface area contributed by atoms with Crippen LogP contribution in [0.1, 0.15) is 20.8 Å². The molecule has 0 saturated carbocycles. The molecule has 0 aliphatic heterocycles. The van der Waals surface area contributed by atoms with Gasteiger partial charge in [-0.3, -0.25) is 14.5 Å². The summed E-state index contributed by atoms with van der Waals surface area (Å²) >= 11 is 11.9. The highest BCUT2D eigenvalue weighted by Crippen LogP contribution is 2.25. The minimum absolute atomic E-state index is 0.107. The molecule has 0 saturated heterocycles. The lowest BCUT2D eigenvalue weighted by Gasteiger charge is -2.26. The van der Waals surface area contributed by atoms with E-state index in [-0.39, 0.29) is 18.4 Å². The number of halogens is 2. The zero-order chi connectivity index (χ0) is 16.7. The summed E-state index contributed by atoms with van der Waals surface area (Å²) in [6.45, 7) is 6.81. The Morgan fingerprint density at radius 2 is 1.95 bits per heavy atom. The van der Waals surface area contributed by atoms with E-state index in [9.17, 15) is 9.59 Å². The summed E-state index contributed by atoms with van der Waals surface area (Å²) in [5, 5.41) is 6.36. The number of hydrogen-bond acceptors (Lipinski definition) is 3. The summed E-state index contributed by atoms with van der Waals surface area (Å²) < 4.78 is 0. The van der Waals surface area contributed by atoms with Crippen LogP contribution in [0, 0.1) is 0 Å². The van der Waals surface area contributed by atoms with E-state index in [0.29, 0.717) is 28.8 Å². The van der Waals surface area contributed by atoms with Crippen LogP contribution in [0.25, 0.3) is 0 Å². The highest BCUT2D eigenvalue weighted by molar-refractivity contribution is 6.35. The van der Waals surface area contributed by atoms with Crippen LogP contribution < -0.4 is 10.6 Å². The van der Waals surface area contributed by atoms with Gasteiger partial charge in [0.25, 0.3) is 0 Å². The second kappa shape index (κ2) is 8.98. The zero-order valence-corrected chi connectivity index (χ0v) is 14.5. The Morgan fingerprint density at radius 1 is 1.27 bits per heavy atom. The monoisotopic (exact) mass is 345 g/mol. The van der Waals surface area contributed by atoms with Crippen LogP contribution in [-0.4, -0.2) is 42.4 Å². The Hall–Kier alpha value is -1.30. The maximum atomic E-state index is 12.3. The van der Waals surface area contributed by atoms with E-state index in [0.717, 1.165) is 0 Å². The van der Waals surface area contributed by atoms with Crippen LogP contribution in [0.3, 0.4) is 0 Å². The predicted octanol–water partition coefficient (Wildman–Crippen LogP) is 2.78. The van der Waals surface area contributed by atoms with Crippen molar-refractivity contribution in [3.05, 3.63) is 28.2 Å². The minimum atomic E-state index is -0.470. The molecule has 1 aromatic carbocycles. The largest absolute Gasteiger partial charge is 0.355 e. The van der Waals surface area contributed by atoms with Crippen LogP contribution >= 0.6 is 23.2 Å². The second-order valence-electron chi connectivity index (χ2n) is 4.81. The van der Waals surface area contributed by atoms with Crippen molar-refractivity contribution in [1.82, 2.24) is 10.2 Å². The third kappa shape index (κ3) is 5.48. The maximum absolute atomic E-state index is 12.3. The number of carbonyl (C=O) groups is 2. The molecule has 0 unspecified atom stereocenters. The van der Waals surface area contributed by atoms with Gasteiger partial charge in [-0.2, -0.15) is 0 Å². The van der Waals surface area contributed by atoms with E-state index < -0.39 is 6.04 Å². The topological polar surface area (TPSA) is 61.4 Å². The smallest absolute Gasteiger partial charge is 0.241 e. The highest BCUT2D eigenvalue weighted by Gasteiger charge is 2.22. The van der Waals surface area contributed by atoms with Crippen molar-refractivity contribution in [2.24, 2.45) is 0 Å². The molecule has 0 aliphatic carbocycles. The average Bonchev–Trinajstić information content (AvgIpc) is 2.48. The van der Waals surface area contributed by atoms with Gasteiger partial charge in [0.15, 0.2) is 0 Å². The van der Waals surface area contributed by atoms with Crippen molar-refractivity contribution < 1.29 is 9.59 Å². The van der Waals surface area contributed by atoms with Gasteiger partial charge < -0.3 is 10.6 Å². The number of carbonyl (C=O) groups excluding carboxylic acids is 2. The number of anilines is 1. The molecule has 0 aromatic heterocycles. The van der Waals surface area contributed by atoms with Crippen molar-refractivity contribution in [2.45, 2.75) is 26.8 Å². The molecule has 1 atom stereocenters. The number of nitrogens with one attached hydrogen (secondary N) is 2. The summed E-state index contributed by atoms with van der Waals surface area (Å²) in [7, 11) is 0. The first-order chi connectivity index (χ1) is 10.4. The Bertz CT molecular complexity index is 538. The van der Waals surface area contributed by atoms with Crippen molar-refractivity contribution in [2.75, 3.05) is 25.0 Å². The van der Waals surface area contributed by atoms with E-state index in [2.05, 4.69) is 10.6 Å². The van der Waals surface area contributed by atoms with Gasteiger partial charge in [0.05, 0.1) is 23.3 Å². The third-order valence-corrected chi connectivity index (χ3v) is 3.80. The molecule has 5 nitrogen and oxygen atoms in total. The van der Waals surface area contributed by atoms with Gasteiger partial charge in [0.2, 0.25) is 11.8 Å². The standard InChI is InChI=1S/C15H21Cl2N3O2/c1-4-18-14(21)9-20(5-2)10(3)15(22)19-13-8-11(16)6-7-12(13)17/h6-8,10H,4-5,9H2,1-3H3,(H,18,21)(H,19,22)/t10-/m1/s1. The fraction of sp³-hybridized carbons (Fsp3) is 0.467. The van der Waals surface area contributed by atoms with Crippen molar-refractivity contribution in [1.29, 1.82) is 0 Å². The van der Waals surface area contributed by atoms with Gasteiger partial charge in [0, 0.05) is 11.6 Å². The van der Waals surface area contributed by atoms with Crippen molar-refractivity contribution in [3.63, 3.8) is 0 Å². The quantitative estimate of drug-likeness (QED) is 0.798. The molecule has 122 valence electrons. The number of benzene rings is 1. The van der Waals surface area contributed by atoms with Crippen molar-refractivity contribution >= 4 is 40.7 Å². The number of likely N-dealkylation sites (N-methyl/N-ethyl adjacent to an activating group) is 2. The van der Waals surface area contributed by atoms with Gasteiger partial charge in [-0.15, -0.1) is 0 Å². The molecule has 2 amide bonds. The molecule has 0 fully saturated rings. The van der Waals surface area contributed by atoms with E-state index in [1.54, 1.807) is 30.0 Å². The van der Waals surface area contributed by atoms with Crippen LogP contribution in [-0.2, 0) is 9.59 Å². The first-order valence-corrected chi connectivity index (χ1v) is 7.91. The molecule has 0 heterocycles. The summed E-state index contributed by atoms with van der Waals surface area (Å²) in [4.78, 5) is 25.8. The number of amides is 2. The fourth-order valence-corrected chi connectivity index (χ4v) is 2.29. The summed E-state index contributed by atoms with van der Waals surface area (Å²) in [6, 6.07) is 4.39. The molecule has 0 aliphatic rings. The molecule has 22 heavy (non-hydrogen) atoms. The number of rotatable bonds is 7.